The average Bonchev–Trinajstić information content (AvgIpc) is 3.30. The predicted molar refractivity (Wildman–Crippen MR) is 337 cm³/mol. The first kappa shape index (κ1) is 75.1. The summed E-state index contributed by atoms with van der Waals surface area (Å²) in [6.45, 7) is 56.8. The molecular formula is C58H124N6O8Si4. The van der Waals surface area contributed by atoms with E-state index in [9.17, 15) is 0 Å². The van der Waals surface area contributed by atoms with Crippen LogP contribution in [-0.2, 0) is 35.4 Å². The average molecular weight is 1150 g/mol. The van der Waals surface area contributed by atoms with Gasteiger partial charge in [0.05, 0.1) is 0 Å². The van der Waals surface area contributed by atoms with E-state index in [0.717, 1.165) is 141 Å². The molecule has 0 aromatic rings. The van der Waals surface area contributed by atoms with Gasteiger partial charge in [0.1, 0.15) is 0 Å². The van der Waals surface area contributed by atoms with Crippen LogP contribution < -0.4 is 0 Å². The Hall–Kier alpha value is -0.852. The van der Waals surface area contributed by atoms with Gasteiger partial charge < -0.3 is 35.4 Å². The van der Waals surface area contributed by atoms with Gasteiger partial charge in [0, 0.05) is 141 Å². The Balaban J connectivity index is 6.56. The second kappa shape index (κ2) is 43.8. The van der Waals surface area contributed by atoms with Crippen LogP contribution in [0.2, 0.25) is 50.4 Å². The molecule has 0 heterocycles. The Kier molecular flexibility index (Phi) is 43.3. The fraction of sp³-hybridized carbons (Fsp3) is 0.931. The van der Waals surface area contributed by atoms with Crippen LogP contribution in [0.3, 0.4) is 0 Å². The number of aliphatic imine (C=N–C) groups is 4. The van der Waals surface area contributed by atoms with Crippen molar-refractivity contribution < 1.29 is 35.4 Å². The van der Waals surface area contributed by atoms with Crippen molar-refractivity contribution in [1.29, 1.82) is 0 Å². The molecule has 0 N–H and O–H groups in total. The highest BCUT2D eigenvalue weighted by Crippen LogP contribution is 2.21. The molecule has 0 bridgehead atoms. The fourth-order valence-corrected chi connectivity index (χ4v) is 19.0. The van der Waals surface area contributed by atoms with E-state index >= 15 is 0 Å². The summed E-state index contributed by atoms with van der Waals surface area (Å²) in [5, 5.41) is 0. The molecule has 0 aromatic carbocycles. The van der Waals surface area contributed by atoms with E-state index in [1.165, 1.54) is 22.8 Å². The molecule has 0 fully saturated rings. The number of nitrogens with zero attached hydrogens (tertiary/aromatic N) is 6. The Labute approximate surface area is 474 Å². The summed E-state index contributed by atoms with van der Waals surface area (Å²) in [5.41, 5.74) is 4.91. The highest BCUT2D eigenvalue weighted by molar-refractivity contribution is 6.67. The van der Waals surface area contributed by atoms with Gasteiger partial charge in [-0.2, -0.15) is 0 Å². The molecule has 450 valence electrons. The molecule has 0 spiro atoms. The van der Waals surface area contributed by atoms with Crippen molar-refractivity contribution in [2.45, 2.75) is 213 Å². The minimum Gasteiger partial charge on any atom is -0.395 e. The van der Waals surface area contributed by atoms with Gasteiger partial charge in [0.15, 0.2) is 0 Å². The minimum absolute atomic E-state index is 0.594. The second-order valence-corrected chi connectivity index (χ2v) is 37.0. The topological polar surface area (TPSA) is 130 Å². The first-order chi connectivity index (χ1) is 35.8. The summed E-state index contributed by atoms with van der Waals surface area (Å²) in [6.07, 6.45) is 8.02. The number of rotatable bonds is 51. The van der Waals surface area contributed by atoms with E-state index in [0.29, 0.717) is 76.5 Å². The molecule has 4 unspecified atom stereocenters. The maximum Gasteiger partial charge on any atom is 0.335 e. The molecule has 0 aliphatic heterocycles. The molecule has 0 amide bonds. The highest BCUT2D eigenvalue weighted by Gasteiger charge is 2.34. The zero-order valence-corrected chi connectivity index (χ0v) is 57.5. The number of hydrogen-bond acceptors (Lipinski definition) is 14. The zero-order chi connectivity index (χ0) is 57.5. The molecular weight excluding hydrogens is 1020 g/mol. The first-order valence-electron chi connectivity index (χ1n) is 30.4. The molecule has 14 nitrogen and oxygen atoms in total. The zero-order valence-electron chi connectivity index (χ0n) is 53.5. The largest absolute Gasteiger partial charge is 0.395 e. The first-order valence-corrected chi connectivity index (χ1v) is 40.5. The summed E-state index contributed by atoms with van der Waals surface area (Å²) in [5.74, 6) is 2.45. The molecule has 0 aliphatic rings. The molecule has 4 atom stereocenters. The smallest absolute Gasteiger partial charge is 0.335 e. The van der Waals surface area contributed by atoms with Crippen molar-refractivity contribution in [3.05, 3.63) is 0 Å². The van der Waals surface area contributed by atoms with Gasteiger partial charge in [-0.25, -0.2) is 0 Å². The third-order valence-corrected chi connectivity index (χ3v) is 25.2. The van der Waals surface area contributed by atoms with E-state index in [2.05, 4.69) is 147 Å². The molecule has 76 heavy (non-hydrogen) atoms. The lowest BCUT2D eigenvalue weighted by atomic mass is 10.1. The third-order valence-electron chi connectivity index (χ3n) is 13.3. The summed E-state index contributed by atoms with van der Waals surface area (Å²) >= 11 is 0. The normalized spacial score (nSPS) is 16.7. The summed E-state index contributed by atoms with van der Waals surface area (Å²) < 4.78 is 53.1. The lowest BCUT2D eigenvalue weighted by Gasteiger charge is -2.33. The van der Waals surface area contributed by atoms with Crippen LogP contribution >= 0.6 is 0 Å². The predicted octanol–water partition coefficient (Wildman–Crippen LogP) is 13.7. The highest BCUT2D eigenvalue weighted by atomic mass is 28.4. The van der Waals surface area contributed by atoms with Crippen molar-refractivity contribution >= 4 is 57.1 Å². The lowest BCUT2D eigenvalue weighted by Crippen LogP contribution is -2.46. The van der Waals surface area contributed by atoms with Crippen molar-refractivity contribution in [3.8, 4) is 0 Å². The molecule has 0 radical (unpaired) electrons. The molecule has 18 heteroatoms. The van der Waals surface area contributed by atoms with Crippen molar-refractivity contribution in [1.82, 2.24) is 9.80 Å². The molecule has 0 saturated heterocycles. The molecule has 0 aromatic heterocycles. The van der Waals surface area contributed by atoms with E-state index in [1.807, 2.05) is 0 Å². The second-order valence-electron chi connectivity index (χ2n) is 23.6. The SMILES string of the molecule is CCO[Si](C)(CCCN=C(C)CC(C)C)OCCN(CCO[Si](C)(CCCN=C(C)CC(C)C)OCC)CCN(CCO[Si](C)(CCCN=C(C)CC(C)C)OCC)CCO[Si](C)(CCCN=C(C)CC(C)C)OCC. The standard InChI is InChI=1S/C58H124N6O8Si4/c1-21-65-73(17,43-25-29-59-55(13)47-51(5)6)69-39-35-63(36-40-70-74(18,66-22-2)44-26-30-60-56(14)48-52(7)8)33-34-64(37-41-71-75(19,67-23-3)45-27-31-61-57(15)49-53(9)10)38-42-72-76(20,68-24-4)46-28-32-62-58(16)50-54(11)12/h51-54H,21-50H2,1-20H3. The van der Waals surface area contributed by atoms with Crippen LogP contribution in [0.5, 0.6) is 0 Å². The summed E-state index contributed by atoms with van der Waals surface area (Å²) in [4.78, 5) is 24.6. The van der Waals surface area contributed by atoms with Crippen LogP contribution in [0.15, 0.2) is 20.0 Å². The summed E-state index contributed by atoms with van der Waals surface area (Å²) in [6, 6.07) is 3.66. The van der Waals surface area contributed by atoms with E-state index in [1.54, 1.807) is 0 Å². The van der Waals surface area contributed by atoms with Crippen molar-refractivity contribution in [3.63, 3.8) is 0 Å². The minimum atomic E-state index is -2.43. The maximum absolute atomic E-state index is 6.83. The van der Waals surface area contributed by atoms with E-state index in [-0.39, 0.29) is 0 Å². The van der Waals surface area contributed by atoms with E-state index in [4.69, 9.17) is 55.4 Å². The van der Waals surface area contributed by atoms with Crippen LogP contribution in [0.4, 0.5) is 0 Å². The monoisotopic (exact) mass is 1140 g/mol. The fourth-order valence-electron chi connectivity index (χ4n) is 9.78. The quantitative estimate of drug-likeness (QED) is 0.0330. The van der Waals surface area contributed by atoms with Crippen molar-refractivity contribution in [2.75, 3.05) is 118 Å². The van der Waals surface area contributed by atoms with Gasteiger partial charge in [-0.05, 0) is 181 Å². The Bertz CT molecular complexity index is 1360. The molecule has 0 aliphatic carbocycles. The van der Waals surface area contributed by atoms with Crippen LogP contribution in [0, 0.1) is 23.7 Å². The van der Waals surface area contributed by atoms with Crippen LogP contribution in [-0.4, -0.2) is 185 Å². The van der Waals surface area contributed by atoms with Gasteiger partial charge in [0.2, 0.25) is 0 Å². The Morgan fingerprint density at radius 3 is 0.697 bits per heavy atom. The summed E-state index contributed by atoms with van der Waals surface area (Å²) in [7, 11) is -9.73. The van der Waals surface area contributed by atoms with Crippen LogP contribution in [0.25, 0.3) is 0 Å². The molecule has 0 rings (SSSR count). The van der Waals surface area contributed by atoms with Crippen LogP contribution in [0.1, 0.15) is 162 Å². The maximum atomic E-state index is 6.83. The number of hydrogen-bond donors (Lipinski definition) is 0. The Morgan fingerprint density at radius 1 is 0.329 bits per heavy atom. The van der Waals surface area contributed by atoms with Gasteiger partial charge in [-0.15, -0.1) is 0 Å². The third kappa shape index (κ3) is 41.2. The Morgan fingerprint density at radius 2 is 0.526 bits per heavy atom. The van der Waals surface area contributed by atoms with Gasteiger partial charge >= 0.3 is 34.2 Å². The van der Waals surface area contributed by atoms with Gasteiger partial charge in [0.25, 0.3) is 0 Å². The lowest BCUT2D eigenvalue weighted by molar-refractivity contribution is 0.0981. The van der Waals surface area contributed by atoms with Gasteiger partial charge in [-0.3, -0.25) is 29.8 Å². The van der Waals surface area contributed by atoms with E-state index < -0.39 is 34.2 Å². The van der Waals surface area contributed by atoms with Gasteiger partial charge in [-0.1, -0.05) is 55.4 Å². The van der Waals surface area contributed by atoms with Crippen molar-refractivity contribution in [2.24, 2.45) is 43.6 Å². The molecule has 0 saturated carbocycles.